The molecule has 4 N–H and O–H groups in total. The van der Waals surface area contributed by atoms with Crippen molar-refractivity contribution in [3.8, 4) is 0 Å². The number of aliphatic hydroxyl groups excluding tert-OH is 1. The highest BCUT2D eigenvalue weighted by molar-refractivity contribution is 7.92. The Balaban J connectivity index is 1.36. The summed E-state index contributed by atoms with van der Waals surface area (Å²) in [5, 5.41) is 16.3. The maximum absolute atomic E-state index is 13.0. The maximum Gasteiger partial charge on any atom is 0.416 e. The SMILES string of the molecule is CCn1cnc2c(Nc3ccc(S(=O)(=O)Nc4cccc(C(F)(F)F)c4)cc3)nc(N[C@H]3CC[C@H](O)CC3)nc21. The Morgan fingerprint density at radius 2 is 1.75 bits per heavy atom. The minimum Gasteiger partial charge on any atom is -0.393 e. The summed E-state index contributed by atoms with van der Waals surface area (Å²) in [6.07, 6.45) is -0.215. The van der Waals surface area contributed by atoms with E-state index in [4.69, 9.17) is 0 Å². The second-order valence-electron chi connectivity index (χ2n) is 9.58. The van der Waals surface area contributed by atoms with Crippen molar-refractivity contribution in [3.05, 3.63) is 60.4 Å². The monoisotopic (exact) mass is 575 g/mol. The van der Waals surface area contributed by atoms with Gasteiger partial charge in [0.1, 0.15) is 0 Å². The average molecular weight is 576 g/mol. The van der Waals surface area contributed by atoms with E-state index in [2.05, 4.69) is 30.3 Å². The van der Waals surface area contributed by atoms with Crippen molar-refractivity contribution < 1.29 is 26.7 Å². The van der Waals surface area contributed by atoms with Crippen LogP contribution in [0.25, 0.3) is 11.2 Å². The van der Waals surface area contributed by atoms with Crippen LogP contribution < -0.4 is 15.4 Å². The van der Waals surface area contributed by atoms with Crippen LogP contribution in [0.5, 0.6) is 0 Å². The highest BCUT2D eigenvalue weighted by atomic mass is 32.2. The van der Waals surface area contributed by atoms with Gasteiger partial charge in [-0.15, -0.1) is 0 Å². The Labute approximate surface area is 228 Å². The minimum atomic E-state index is -4.59. The lowest BCUT2D eigenvalue weighted by Crippen LogP contribution is -2.29. The molecule has 2 aromatic heterocycles. The Morgan fingerprint density at radius 3 is 2.42 bits per heavy atom. The van der Waals surface area contributed by atoms with Crippen molar-refractivity contribution in [1.29, 1.82) is 0 Å². The smallest absolute Gasteiger partial charge is 0.393 e. The summed E-state index contributed by atoms with van der Waals surface area (Å²) in [4.78, 5) is 13.6. The summed E-state index contributed by atoms with van der Waals surface area (Å²) in [5.41, 5.74) is 0.538. The van der Waals surface area contributed by atoms with E-state index in [9.17, 15) is 26.7 Å². The number of benzene rings is 2. The lowest BCUT2D eigenvalue weighted by Gasteiger charge is -2.26. The first-order valence-electron chi connectivity index (χ1n) is 12.8. The van der Waals surface area contributed by atoms with Gasteiger partial charge in [0.25, 0.3) is 10.0 Å². The highest BCUT2D eigenvalue weighted by Gasteiger charge is 2.31. The number of nitrogens with one attached hydrogen (secondary N) is 3. The number of anilines is 4. The molecule has 0 bridgehead atoms. The van der Waals surface area contributed by atoms with Crippen LogP contribution in [-0.2, 0) is 22.7 Å². The van der Waals surface area contributed by atoms with Crippen molar-refractivity contribution in [1.82, 2.24) is 19.5 Å². The van der Waals surface area contributed by atoms with Gasteiger partial charge in [-0.2, -0.15) is 23.1 Å². The molecule has 0 aliphatic heterocycles. The number of alkyl halides is 3. The third kappa shape index (κ3) is 6.12. The van der Waals surface area contributed by atoms with E-state index in [1.54, 1.807) is 6.33 Å². The molecule has 0 saturated heterocycles. The molecular weight excluding hydrogens is 547 g/mol. The number of halogens is 3. The van der Waals surface area contributed by atoms with Crippen LogP contribution in [0, 0.1) is 0 Å². The van der Waals surface area contributed by atoms with Crippen molar-refractivity contribution in [3.63, 3.8) is 0 Å². The van der Waals surface area contributed by atoms with Gasteiger partial charge >= 0.3 is 6.18 Å². The molecule has 1 aliphatic rings. The summed E-state index contributed by atoms with van der Waals surface area (Å²) >= 11 is 0. The van der Waals surface area contributed by atoms with Crippen molar-refractivity contribution in [2.75, 3.05) is 15.4 Å². The van der Waals surface area contributed by atoms with Gasteiger partial charge in [0.05, 0.1) is 22.9 Å². The summed E-state index contributed by atoms with van der Waals surface area (Å²) < 4.78 is 68.8. The van der Waals surface area contributed by atoms with Crippen molar-refractivity contribution >= 4 is 44.3 Å². The number of rotatable bonds is 8. The average Bonchev–Trinajstić information content (AvgIpc) is 3.33. The van der Waals surface area contributed by atoms with Crippen LogP contribution in [0.3, 0.4) is 0 Å². The Morgan fingerprint density at radius 1 is 1.02 bits per heavy atom. The van der Waals surface area contributed by atoms with Gasteiger partial charge in [0, 0.05) is 24.0 Å². The summed E-state index contributed by atoms with van der Waals surface area (Å²) in [5.74, 6) is 0.837. The third-order valence-corrected chi connectivity index (χ3v) is 8.10. The predicted molar refractivity (Wildman–Crippen MR) is 145 cm³/mol. The zero-order valence-corrected chi connectivity index (χ0v) is 22.3. The predicted octanol–water partition coefficient (Wildman–Crippen LogP) is 5.12. The van der Waals surface area contributed by atoms with Crippen LogP contribution in [0.1, 0.15) is 38.2 Å². The van der Waals surface area contributed by atoms with Crippen LogP contribution >= 0.6 is 0 Å². The second kappa shape index (κ2) is 10.9. The molecule has 0 radical (unpaired) electrons. The molecule has 40 heavy (non-hydrogen) atoms. The fourth-order valence-corrected chi connectivity index (χ4v) is 5.61. The standard InChI is InChI=1S/C26H28F3N7O3S/c1-2-36-15-30-22-23(33-25(34-24(22)36)32-18-6-10-20(37)11-7-18)31-17-8-12-21(13-9-17)40(38,39)35-19-5-3-4-16(14-19)26(27,28)29/h3-5,8-9,12-15,18,20,35,37H,2,6-7,10-11H2,1H3,(H2,31,32,33,34)/t18-,20-. The molecule has 0 amide bonds. The van der Waals surface area contributed by atoms with Gasteiger partial charge in [-0.3, -0.25) is 4.72 Å². The van der Waals surface area contributed by atoms with Gasteiger partial charge in [-0.05, 0) is 75.1 Å². The van der Waals surface area contributed by atoms with Crippen LogP contribution in [0.15, 0.2) is 59.8 Å². The van der Waals surface area contributed by atoms with E-state index < -0.39 is 21.8 Å². The van der Waals surface area contributed by atoms with Gasteiger partial charge in [0.15, 0.2) is 17.0 Å². The topological polar surface area (TPSA) is 134 Å². The first kappa shape index (κ1) is 27.6. The number of nitrogens with zero attached hydrogens (tertiary/aromatic N) is 4. The number of sulfonamides is 1. The first-order chi connectivity index (χ1) is 19.0. The lowest BCUT2D eigenvalue weighted by atomic mass is 9.93. The number of hydrogen-bond donors (Lipinski definition) is 4. The quantitative estimate of drug-likeness (QED) is 0.227. The number of aliphatic hydroxyl groups is 1. The number of aryl methyl sites for hydroxylation is 1. The van der Waals surface area contributed by atoms with Crippen molar-refractivity contribution in [2.45, 2.75) is 62.4 Å². The fraction of sp³-hybridized carbons (Fsp3) is 0.346. The number of hydrogen-bond acceptors (Lipinski definition) is 8. The number of aromatic nitrogens is 4. The largest absolute Gasteiger partial charge is 0.416 e. The van der Waals surface area contributed by atoms with Crippen LogP contribution in [0.4, 0.5) is 36.3 Å². The second-order valence-corrected chi connectivity index (χ2v) is 11.3. The van der Waals surface area contributed by atoms with Crippen molar-refractivity contribution in [2.24, 2.45) is 0 Å². The lowest BCUT2D eigenvalue weighted by molar-refractivity contribution is -0.137. The molecule has 4 aromatic rings. The summed E-state index contributed by atoms with van der Waals surface area (Å²) in [6.45, 7) is 2.62. The molecule has 0 atom stereocenters. The minimum absolute atomic E-state index is 0.125. The maximum atomic E-state index is 13.0. The van der Waals surface area contributed by atoms with Gasteiger partial charge in [-0.1, -0.05) is 6.07 Å². The molecule has 5 rings (SSSR count). The molecule has 1 saturated carbocycles. The highest BCUT2D eigenvalue weighted by Crippen LogP contribution is 2.32. The Hall–Kier alpha value is -3.91. The molecule has 14 heteroatoms. The van der Waals surface area contributed by atoms with E-state index >= 15 is 0 Å². The zero-order valence-electron chi connectivity index (χ0n) is 21.5. The van der Waals surface area contributed by atoms with E-state index in [1.165, 1.54) is 30.3 Å². The molecule has 0 spiro atoms. The van der Waals surface area contributed by atoms with Gasteiger partial charge < -0.3 is 20.3 Å². The van der Waals surface area contributed by atoms with Crippen LogP contribution in [-0.4, -0.2) is 45.2 Å². The zero-order chi connectivity index (χ0) is 28.5. The first-order valence-corrected chi connectivity index (χ1v) is 14.2. The normalized spacial score (nSPS) is 18.0. The Kier molecular flexibility index (Phi) is 7.55. The Bertz CT molecular complexity index is 1600. The number of imidazole rings is 1. The van der Waals surface area contributed by atoms with E-state index in [0.29, 0.717) is 48.0 Å². The number of fused-ring (bicyclic) bond motifs is 1. The molecule has 10 nitrogen and oxygen atoms in total. The van der Waals surface area contributed by atoms with E-state index in [0.717, 1.165) is 31.0 Å². The molecule has 212 valence electrons. The molecule has 2 heterocycles. The molecule has 1 fully saturated rings. The fourth-order valence-electron chi connectivity index (χ4n) is 4.56. The third-order valence-electron chi connectivity index (χ3n) is 6.70. The van der Waals surface area contributed by atoms with E-state index in [-0.39, 0.29) is 22.7 Å². The summed E-state index contributed by atoms with van der Waals surface area (Å²) in [6, 6.07) is 9.86. The van der Waals surface area contributed by atoms with Crippen LogP contribution in [0.2, 0.25) is 0 Å². The molecule has 2 aromatic carbocycles. The molecule has 1 aliphatic carbocycles. The van der Waals surface area contributed by atoms with E-state index in [1.807, 2.05) is 11.5 Å². The summed E-state index contributed by atoms with van der Waals surface area (Å²) in [7, 11) is -4.14. The molecule has 0 unspecified atom stereocenters. The van der Waals surface area contributed by atoms with Gasteiger partial charge in [0.2, 0.25) is 5.95 Å². The van der Waals surface area contributed by atoms with Gasteiger partial charge in [-0.25, -0.2) is 13.4 Å². The molecular formula is C26H28F3N7O3S.